The molecule has 0 unspecified atom stereocenters. The Balaban J connectivity index is 1.66. The van der Waals surface area contributed by atoms with E-state index in [9.17, 15) is 9.90 Å². The summed E-state index contributed by atoms with van der Waals surface area (Å²) in [6.45, 7) is 0. The lowest BCUT2D eigenvalue weighted by atomic mass is 10.2. The molecule has 1 aromatic heterocycles. The summed E-state index contributed by atoms with van der Waals surface area (Å²) in [5.74, 6) is -0.0340. The van der Waals surface area contributed by atoms with E-state index in [1.807, 2.05) is 35.7 Å². The molecule has 1 heterocycles. The van der Waals surface area contributed by atoms with Crippen molar-refractivity contribution in [3.05, 3.63) is 65.7 Å². The summed E-state index contributed by atoms with van der Waals surface area (Å²) in [6.07, 6.45) is 0.207. The summed E-state index contributed by atoms with van der Waals surface area (Å²) in [5.41, 5.74) is 2.36. The van der Waals surface area contributed by atoms with Crippen molar-refractivity contribution in [3.63, 3.8) is 0 Å². The number of aromatic hydroxyl groups is 1. The van der Waals surface area contributed by atoms with Crippen LogP contribution in [0.15, 0.2) is 60.0 Å². The predicted octanol–water partition coefficient (Wildman–Crippen LogP) is 3.70. The highest BCUT2D eigenvalue weighted by Crippen LogP contribution is 2.23. The monoisotopic (exact) mass is 310 g/mol. The lowest BCUT2D eigenvalue weighted by Gasteiger charge is -2.04. The van der Waals surface area contributed by atoms with Gasteiger partial charge in [-0.1, -0.05) is 36.4 Å². The normalized spacial score (nSPS) is 10.4. The maximum Gasteiger partial charge on any atom is 0.230 e. The number of benzene rings is 2. The number of thiazole rings is 1. The molecule has 0 fully saturated rings. The quantitative estimate of drug-likeness (QED) is 0.772. The maximum absolute atomic E-state index is 12.0. The second kappa shape index (κ2) is 6.41. The van der Waals surface area contributed by atoms with Gasteiger partial charge in [0.05, 0.1) is 12.1 Å². The van der Waals surface area contributed by atoms with Crippen LogP contribution in [0, 0.1) is 0 Å². The number of nitrogens with one attached hydrogen (secondary N) is 1. The van der Waals surface area contributed by atoms with Gasteiger partial charge in [-0.3, -0.25) is 4.79 Å². The summed E-state index contributed by atoms with van der Waals surface area (Å²) in [4.78, 5) is 16.5. The average Bonchev–Trinajstić information content (AvgIpc) is 2.96. The number of phenols is 1. The predicted molar refractivity (Wildman–Crippen MR) is 88.0 cm³/mol. The SMILES string of the molecule is O=C(Cc1csc(-c2ccccc2)n1)Nc1cccc(O)c1. The molecular formula is C17H14N2O2S. The van der Waals surface area contributed by atoms with Gasteiger partial charge in [-0.2, -0.15) is 0 Å². The van der Waals surface area contributed by atoms with E-state index >= 15 is 0 Å². The van der Waals surface area contributed by atoms with E-state index in [0.29, 0.717) is 5.69 Å². The molecule has 2 aromatic carbocycles. The molecule has 1 amide bonds. The number of amides is 1. The Morgan fingerprint density at radius 2 is 1.95 bits per heavy atom. The van der Waals surface area contributed by atoms with E-state index in [2.05, 4.69) is 10.3 Å². The number of nitrogens with zero attached hydrogens (tertiary/aromatic N) is 1. The molecule has 0 saturated heterocycles. The molecule has 110 valence electrons. The van der Waals surface area contributed by atoms with Crippen molar-refractivity contribution in [2.45, 2.75) is 6.42 Å². The summed E-state index contributed by atoms with van der Waals surface area (Å²) in [5, 5.41) is 14.9. The molecule has 0 aliphatic carbocycles. The van der Waals surface area contributed by atoms with Crippen LogP contribution in [0.1, 0.15) is 5.69 Å². The van der Waals surface area contributed by atoms with Crippen molar-refractivity contribution in [1.29, 1.82) is 0 Å². The Kier molecular flexibility index (Phi) is 4.16. The zero-order chi connectivity index (χ0) is 15.4. The zero-order valence-corrected chi connectivity index (χ0v) is 12.5. The second-order valence-corrected chi connectivity index (χ2v) is 5.64. The van der Waals surface area contributed by atoms with Crippen LogP contribution in [0.4, 0.5) is 5.69 Å². The highest BCUT2D eigenvalue weighted by atomic mass is 32.1. The van der Waals surface area contributed by atoms with Crippen LogP contribution in [0.2, 0.25) is 0 Å². The number of hydrogen-bond donors (Lipinski definition) is 2. The Labute approximate surface area is 132 Å². The standard InChI is InChI=1S/C17H14N2O2S/c20-15-8-4-7-13(9-15)18-16(21)10-14-11-22-17(19-14)12-5-2-1-3-6-12/h1-9,11,20H,10H2,(H,18,21). The van der Waals surface area contributed by atoms with Gasteiger partial charge in [0, 0.05) is 22.7 Å². The number of anilines is 1. The third-order valence-corrected chi connectivity index (χ3v) is 3.98. The van der Waals surface area contributed by atoms with E-state index in [0.717, 1.165) is 16.3 Å². The second-order valence-electron chi connectivity index (χ2n) is 4.79. The first-order valence-electron chi connectivity index (χ1n) is 6.79. The van der Waals surface area contributed by atoms with E-state index in [-0.39, 0.29) is 18.1 Å². The van der Waals surface area contributed by atoms with Crippen molar-refractivity contribution in [1.82, 2.24) is 4.98 Å². The molecular weight excluding hydrogens is 296 g/mol. The first-order chi connectivity index (χ1) is 10.7. The maximum atomic E-state index is 12.0. The van der Waals surface area contributed by atoms with Gasteiger partial charge in [-0.25, -0.2) is 4.98 Å². The molecule has 3 rings (SSSR count). The van der Waals surface area contributed by atoms with Gasteiger partial charge in [0.2, 0.25) is 5.91 Å². The smallest absolute Gasteiger partial charge is 0.230 e. The molecule has 2 N–H and O–H groups in total. The Hall–Kier alpha value is -2.66. The van der Waals surface area contributed by atoms with Gasteiger partial charge < -0.3 is 10.4 Å². The number of aromatic nitrogens is 1. The molecule has 5 heteroatoms. The van der Waals surface area contributed by atoms with E-state index in [1.165, 1.54) is 17.4 Å². The van der Waals surface area contributed by atoms with E-state index in [4.69, 9.17) is 0 Å². The third kappa shape index (κ3) is 3.51. The average molecular weight is 310 g/mol. The molecule has 0 radical (unpaired) electrons. The highest BCUT2D eigenvalue weighted by Gasteiger charge is 2.09. The summed E-state index contributed by atoms with van der Waals surface area (Å²) >= 11 is 1.52. The van der Waals surface area contributed by atoms with Gasteiger partial charge in [0.1, 0.15) is 10.8 Å². The van der Waals surface area contributed by atoms with Crippen molar-refractivity contribution in [2.24, 2.45) is 0 Å². The molecule has 22 heavy (non-hydrogen) atoms. The van der Waals surface area contributed by atoms with Crippen LogP contribution >= 0.6 is 11.3 Å². The number of carbonyl (C=O) groups is 1. The summed E-state index contributed by atoms with van der Waals surface area (Å²) in [6, 6.07) is 16.4. The van der Waals surface area contributed by atoms with Gasteiger partial charge in [0.25, 0.3) is 0 Å². The molecule has 4 nitrogen and oxygen atoms in total. The third-order valence-electron chi connectivity index (χ3n) is 3.04. The molecule has 0 spiro atoms. The lowest BCUT2D eigenvalue weighted by Crippen LogP contribution is -2.14. The van der Waals surface area contributed by atoms with Crippen LogP contribution in [-0.2, 0) is 11.2 Å². The fourth-order valence-corrected chi connectivity index (χ4v) is 2.88. The number of phenolic OH excluding ortho intramolecular Hbond substituents is 1. The highest BCUT2D eigenvalue weighted by molar-refractivity contribution is 7.13. The van der Waals surface area contributed by atoms with E-state index in [1.54, 1.807) is 18.2 Å². The summed E-state index contributed by atoms with van der Waals surface area (Å²) in [7, 11) is 0. The topological polar surface area (TPSA) is 62.2 Å². The Morgan fingerprint density at radius 1 is 1.14 bits per heavy atom. The van der Waals surface area contributed by atoms with Crippen LogP contribution in [0.25, 0.3) is 10.6 Å². The van der Waals surface area contributed by atoms with Crippen LogP contribution in [0.3, 0.4) is 0 Å². The van der Waals surface area contributed by atoms with Gasteiger partial charge in [0.15, 0.2) is 0 Å². The van der Waals surface area contributed by atoms with Crippen molar-refractivity contribution in [2.75, 3.05) is 5.32 Å². The van der Waals surface area contributed by atoms with Crippen LogP contribution < -0.4 is 5.32 Å². The fraction of sp³-hybridized carbons (Fsp3) is 0.0588. The largest absolute Gasteiger partial charge is 0.508 e. The van der Waals surface area contributed by atoms with E-state index < -0.39 is 0 Å². The molecule has 0 atom stereocenters. The number of rotatable bonds is 4. The van der Waals surface area contributed by atoms with Crippen molar-refractivity contribution in [3.8, 4) is 16.3 Å². The lowest BCUT2D eigenvalue weighted by molar-refractivity contribution is -0.115. The molecule has 0 saturated carbocycles. The Bertz CT molecular complexity index is 784. The molecule has 0 bridgehead atoms. The van der Waals surface area contributed by atoms with Crippen molar-refractivity contribution < 1.29 is 9.90 Å². The first-order valence-corrected chi connectivity index (χ1v) is 7.67. The summed E-state index contributed by atoms with van der Waals surface area (Å²) < 4.78 is 0. The van der Waals surface area contributed by atoms with Gasteiger partial charge >= 0.3 is 0 Å². The molecule has 0 aliphatic heterocycles. The fourth-order valence-electron chi connectivity index (χ4n) is 2.05. The molecule has 0 aliphatic rings. The molecule has 3 aromatic rings. The van der Waals surface area contributed by atoms with Crippen LogP contribution in [0.5, 0.6) is 5.75 Å². The van der Waals surface area contributed by atoms with Crippen molar-refractivity contribution >= 4 is 22.9 Å². The minimum absolute atomic E-state index is 0.123. The van der Waals surface area contributed by atoms with Gasteiger partial charge in [-0.05, 0) is 12.1 Å². The Morgan fingerprint density at radius 3 is 2.73 bits per heavy atom. The number of hydrogen-bond acceptors (Lipinski definition) is 4. The number of carbonyl (C=O) groups excluding carboxylic acids is 1. The van der Waals surface area contributed by atoms with Crippen LogP contribution in [-0.4, -0.2) is 16.0 Å². The minimum atomic E-state index is -0.157. The van der Waals surface area contributed by atoms with Gasteiger partial charge in [-0.15, -0.1) is 11.3 Å². The minimum Gasteiger partial charge on any atom is -0.508 e. The first kappa shape index (κ1) is 14.3. The zero-order valence-electron chi connectivity index (χ0n) is 11.7.